The molecule has 2 rings (SSSR count). The van der Waals surface area contributed by atoms with Crippen LogP contribution in [0.15, 0.2) is 51.6 Å². The summed E-state index contributed by atoms with van der Waals surface area (Å²) in [6.45, 7) is 0.339. The summed E-state index contributed by atoms with van der Waals surface area (Å²) in [5.74, 6) is -0.149. The molecule has 0 aliphatic heterocycles. The first-order valence-electron chi connectivity index (χ1n) is 5.40. The summed E-state index contributed by atoms with van der Waals surface area (Å²) in [5, 5.41) is 8.98. The molecule has 18 heavy (non-hydrogen) atoms. The molecule has 4 nitrogen and oxygen atoms in total. The molecule has 0 bridgehead atoms. The zero-order valence-electron chi connectivity index (χ0n) is 9.54. The van der Waals surface area contributed by atoms with Crippen LogP contribution in [0.3, 0.4) is 0 Å². The first-order chi connectivity index (χ1) is 8.66. The second-order valence-corrected chi connectivity index (χ2v) is 4.63. The molecule has 0 unspecified atom stereocenters. The number of rotatable bonds is 5. The van der Waals surface area contributed by atoms with E-state index in [9.17, 15) is 4.79 Å². The normalized spacial score (nSPS) is 10.3. The van der Waals surface area contributed by atoms with Crippen LogP contribution in [-0.2, 0) is 11.3 Å². The van der Waals surface area contributed by atoms with Crippen LogP contribution in [0.25, 0.3) is 0 Å². The Morgan fingerprint density at radius 1 is 1.28 bits per heavy atom. The number of furan rings is 1. The van der Waals surface area contributed by atoms with E-state index in [1.807, 2.05) is 30.3 Å². The van der Waals surface area contributed by atoms with Gasteiger partial charge in [-0.15, -0.1) is 0 Å². The summed E-state index contributed by atoms with van der Waals surface area (Å²) in [7, 11) is 0. The van der Waals surface area contributed by atoms with Gasteiger partial charge in [-0.25, -0.2) is 0 Å². The maximum atomic E-state index is 10.9. The van der Waals surface area contributed by atoms with Crippen molar-refractivity contribution in [2.24, 2.45) is 0 Å². The van der Waals surface area contributed by atoms with Crippen LogP contribution >= 0.6 is 15.9 Å². The summed E-state index contributed by atoms with van der Waals surface area (Å²) in [4.78, 5) is 12.7. The monoisotopic (exact) mass is 309 g/mol. The van der Waals surface area contributed by atoms with Gasteiger partial charge < -0.3 is 14.4 Å². The smallest absolute Gasteiger partial charge is 0.323 e. The molecule has 5 heteroatoms. The van der Waals surface area contributed by atoms with E-state index in [1.54, 1.807) is 17.2 Å². The predicted octanol–water partition coefficient (Wildman–Crippen LogP) is 3.13. The van der Waals surface area contributed by atoms with Crippen LogP contribution in [0, 0.1) is 0 Å². The predicted molar refractivity (Wildman–Crippen MR) is 71.5 cm³/mol. The minimum absolute atomic E-state index is 0.0800. The summed E-state index contributed by atoms with van der Waals surface area (Å²) in [5.41, 5.74) is 0.830. The molecule has 94 valence electrons. The quantitative estimate of drug-likeness (QED) is 0.922. The Morgan fingerprint density at radius 2 is 2.06 bits per heavy atom. The van der Waals surface area contributed by atoms with Crippen molar-refractivity contribution in [2.75, 3.05) is 11.4 Å². The number of nitrogens with zero attached hydrogens (tertiary/aromatic N) is 1. The van der Waals surface area contributed by atoms with Crippen LogP contribution in [0.1, 0.15) is 5.76 Å². The Kier molecular flexibility index (Phi) is 4.04. The molecular weight excluding hydrogens is 298 g/mol. The highest BCUT2D eigenvalue weighted by atomic mass is 79.9. The van der Waals surface area contributed by atoms with Gasteiger partial charge in [-0.1, -0.05) is 12.1 Å². The van der Waals surface area contributed by atoms with Gasteiger partial charge in [-0.2, -0.15) is 0 Å². The Hall–Kier alpha value is -1.75. The zero-order valence-corrected chi connectivity index (χ0v) is 11.1. The van der Waals surface area contributed by atoms with Crippen molar-refractivity contribution in [3.8, 4) is 0 Å². The second kappa shape index (κ2) is 5.73. The maximum Gasteiger partial charge on any atom is 0.323 e. The fraction of sp³-hybridized carbons (Fsp3) is 0.154. The van der Waals surface area contributed by atoms with E-state index >= 15 is 0 Å². The molecule has 0 amide bonds. The van der Waals surface area contributed by atoms with E-state index in [0.29, 0.717) is 6.54 Å². The van der Waals surface area contributed by atoms with Gasteiger partial charge in [0.05, 0.1) is 18.5 Å². The number of anilines is 1. The highest BCUT2D eigenvalue weighted by molar-refractivity contribution is 9.10. The number of aliphatic carboxylic acids is 1. The van der Waals surface area contributed by atoms with Gasteiger partial charge in [0.25, 0.3) is 0 Å². The number of carbonyl (C=O) groups is 1. The molecular formula is C13H12BrNO3. The average Bonchev–Trinajstić information content (AvgIpc) is 2.81. The summed E-state index contributed by atoms with van der Waals surface area (Å²) in [6.07, 6.45) is 1.58. The molecule has 0 spiro atoms. The summed E-state index contributed by atoms with van der Waals surface area (Å²) < 4.78 is 6.12. The van der Waals surface area contributed by atoms with Crippen molar-refractivity contribution in [1.29, 1.82) is 0 Å². The minimum atomic E-state index is -0.877. The third-order valence-electron chi connectivity index (χ3n) is 2.45. The van der Waals surface area contributed by atoms with Gasteiger partial charge >= 0.3 is 5.97 Å². The van der Waals surface area contributed by atoms with Crippen LogP contribution < -0.4 is 4.90 Å². The lowest BCUT2D eigenvalue weighted by Crippen LogP contribution is -2.29. The number of para-hydroxylation sites is 1. The SMILES string of the molecule is O=C(O)CN(Cc1ccco1)c1ccccc1Br. The summed E-state index contributed by atoms with van der Waals surface area (Å²) >= 11 is 3.43. The third kappa shape index (κ3) is 3.13. The molecule has 0 aliphatic rings. The van der Waals surface area contributed by atoms with E-state index in [4.69, 9.17) is 9.52 Å². The Balaban J connectivity index is 2.25. The molecule has 1 aromatic carbocycles. The van der Waals surface area contributed by atoms with Gasteiger partial charge in [-0.3, -0.25) is 4.79 Å². The highest BCUT2D eigenvalue weighted by Crippen LogP contribution is 2.26. The number of hydrogen-bond donors (Lipinski definition) is 1. The minimum Gasteiger partial charge on any atom is -0.480 e. The van der Waals surface area contributed by atoms with Gasteiger partial charge in [0, 0.05) is 4.47 Å². The Labute approximate surface area is 113 Å². The molecule has 1 aromatic heterocycles. The highest BCUT2D eigenvalue weighted by Gasteiger charge is 2.14. The molecule has 0 aliphatic carbocycles. The molecule has 0 saturated carbocycles. The fourth-order valence-corrected chi connectivity index (χ4v) is 2.22. The van der Waals surface area contributed by atoms with E-state index in [2.05, 4.69) is 15.9 Å². The molecule has 0 atom stereocenters. The van der Waals surface area contributed by atoms with Crippen molar-refractivity contribution in [3.63, 3.8) is 0 Å². The van der Waals surface area contributed by atoms with Crippen molar-refractivity contribution >= 4 is 27.6 Å². The van der Waals surface area contributed by atoms with Crippen molar-refractivity contribution in [2.45, 2.75) is 6.54 Å². The van der Waals surface area contributed by atoms with E-state index in [0.717, 1.165) is 15.9 Å². The number of benzene rings is 1. The maximum absolute atomic E-state index is 10.9. The topological polar surface area (TPSA) is 53.7 Å². The van der Waals surface area contributed by atoms with E-state index in [-0.39, 0.29) is 6.54 Å². The van der Waals surface area contributed by atoms with Crippen LogP contribution in [0.4, 0.5) is 5.69 Å². The molecule has 0 radical (unpaired) electrons. The lowest BCUT2D eigenvalue weighted by Gasteiger charge is -2.22. The van der Waals surface area contributed by atoms with E-state index in [1.165, 1.54) is 0 Å². The molecule has 0 saturated heterocycles. The Bertz CT molecular complexity index is 525. The van der Waals surface area contributed by atoms with Gasteiger partial charge in [0.1, 0.15) is 12.3 Å². The number of carboxylic acids is 1. The number of hydrogen-bond acceptors (Lipinski definition) is 3. The first kappa shape index (κ1) is 12.7. The van der Waals surface area contributed by atoms with Crippen LogP contribution in [0.2, 0.25) is 0 Å². The zero-order chi connectivity index (χ0) is 13.0. The van der Waals surface area contributed by atoms with Crippen molar-refractivity contribution in [1.82, 2.24) is 0 Å². The Morgan fingerprint density at radius 3 is 2.67 bits per heavy atom. The van der Waals surface area contributed by atoms with Crippen LogP contribution in [0.5, 0.6) is 0 Å². The lowest BCUT2D eigenvalue weighted by molar-refractivity contribution is -0.135. The number of carboxylic acid groups (broad SMARTS) is 1. The summed E-state index contributed by atoms with van der Waals surface area (Å²) in [6, 6.07) is 11.1. The third-order valence-corrected chi connectivity index (χ3v) is 3.12. The van der Waals surface area contributed by atoms with Gasteiger partial charge in [-0.05, 0) is 40.2 Å². The first-order valence-corrected chi connectivity index (χ1v) is 6.20. The molecule has 1 heterocycles. The molecule has 2 aromatic rings. The number of halogens is 1. The van der Waals surface area contributed by atoms with Crippen molar-refractivity contribution in [3.05, 3.63) is 52.9 Å². The largest absolute Gasteiger partial charge is 0.480 e. The lowest BCUT2D eigenvalue weighted by atomic mass is 10.2. The average molecular weight is 310 g/mol. The van der Waals surface area contributed by atoms with Crippen molar-refractivity contribution < 1.29 is 14.3 Å². The van der Waals surface area contributed by atoms with Crippen LogP contribution in [-0.4, -0.2) is 17.6 Å². The van der Waals surface area contributed by atoms with Gasteiger partial charge in [0.2, 0.25) is 0 Å². The standard InChI is InChI=1S/C13H12BrNO3/c14-11-5-1-2-6-12(11)15(9-13(16)17)8-10-4-3-7-18-10/h1-7H,8-9H2,(H,16,17). The fourth-order valence-electron chi connectivity index (χ4n) is 1.69. The molecule has 1 N–H and O–H groups in total. The van der Waals surface area contributed by atoms with E-state index < -0.39 is 5.97 Å². The van der Waals surface area contributed by atoms with Gasteiger partial charge in [0.15, 0.2) is 0 Å². The molecule has 0 fully saturated rings. The second-order valence-electron chi connectivity index (χ2n) is 3.78.